The Kier molecular flexibility index (Phi) is 7.79. The summed E-state index contributed by atoms with van der Waals surface area (Å²) in [7, 11) is 2.10. The first kappa shape index (κ1) is 23.7. The topological polar surface area (TPSA) is 51.5 Å². The van der Waals surface area contributed by atoms with Gasteiger partial charge in [0.2, 0.25) is 0 Å². The van der Waals surface area contributed by atoms with Crippen LogP contribution in [0.5, 0.6) is 5.75 Å². The molecule has 4 rings (SSSR count). The Morgan fingerprint density at radius 3 is 2.53 bits per heavy atom. The van der Waals surface area contributed by atoms with E-state index in [0.717, 1.165) is 48.6 Å². The molecule has 0 aromatic heterocycles. The van der Waals surface area contributed by atoms with E-state index < -0.39 is 0 Å². The number of nitriles is 1. The van der Waals surface area contributed by atoms with Gasteiger partial charge in [-0.2, -0.15) is 5.26 Å². The number of anilines is 1. The summed E-state index contributed by atoms with van der Waals surface area (Å²) < 4.78 is 20.8. The number of halogens is 1. The quantitative estimate of drug-likeness (QED) is 0.522. The molecule has 0 saturated carbocycles. The Labute approximate surface area is 201 Å². The van der Waals surface area contributed by atoms with Gasteiger partial charge in [0.25, 0.3) is 0 Å². The number of hydrogen-bond acceptors (Lipinski definition) is 5. The Morgan fingerprint density at radius 1 is 1.00 bits per heavy atom. The van der Waals surface area contributed by atoms with Crippen LogP contribution in [0.1, 0.15) is 35.2 Å². The predicted octanol–water partition coefficient (Wildman–Crippen LogP) is 4.88. The van der Waals surface area contributed by atoms with Crippen molar-refractivity contribution in [2.45, 2.75) is 26.1 Å². The molecule has 1 heterocycles. The summed E-state index contributed by atoms with van der Waals surface area (Å²) in [4.78, 5) is 4.39. The second-order valence-corrected chi connectivity index (χ2v) is 8.85. The normalized spacial score (nSPS) is 15.1. The summed E-state index contributed by atoms with van der Waals surface area (Å²) in [5.74, 6) is 0.614. The standard InChI is InChI=1S/C28H31FN4O/c1-21(25-9-10-28(27(29)17-25)33-13-11-32(2)12-14-33)31-19-23-6-4-8-26(16-23)34-20-24-7-3-5-22(15-24)18-30/h3-10,15-17,21,31H,11-14,19-20H2,1-2H3. The van der Waals surface area contributed by atoms with Gasteiger partial charge in [0.15, 0.2) is 0 Å². The summed E-state index contributed by atoms with van der Waals surface area (Å²) >= 11 is 0. The smallest absolute Gasteiger partial charge is 0.146 e. The number of hydrogen-bond donors (Lipinski definition) is 1. The number of benzene rings is 3. The van der Waals surface area contributed by atoms with Crippen LogP contribution in [-0.2, 0) is 13.2 Å². The van der Waals surface area contributed by atoms with Crippen molar-refractivity contribution in [3.8, 4) is 11.8 Å². The summed E-state index contributed by atoms with van der Waals surface area (Å²) in [6, 6.07) is 23.1. The van der Waals surface area contributed by atoms with Crippen molar-refractivity contribution in [2.75, 3.05) is 38.1 Å². The van der Waals surface area contributed by atoms with Gasteiger partial charge in [-0.15, -0.1) is 0 Å². The number of rotatable bonds is 8. The van der Waals surface area contributed by atoms with Crippen LogP contribution in [-0.4, -0.2) is 38.1 Å². The molecule has 1 aliphatic rings. The zero-order chi connectivity index (χ0) is 23.9. The highest BCUT2D eigenvalue weighted by Gasteiger charge is 2.18. The van der Waals surface area contributed by atoms with E-state index >= 15 is 0 Å². The van der Waals surface area contributed by atoms with E-state index in [4.69, 9.17) is 10.00 Å². The Hall–Kier alpha value is -3.40. The van der Waals surface area contributed by atoms with Crippen molar-refractivity contribution >= 4 is 5.69 Å². The van der Waals surface area contributed by atoms with Gasteiger partial charge in [-0.05, 0) is 67.1 Å². The average molecular weight is 459 g/mol. The maximum absolute atomic E-state index is 14.9. The second kappa shape index (κ2) is 11.1. The lowest BCUT2D eigenvalue weighted by Gasteiger charge is -2.34. The molecule has 3 aromatic rings. The van der Waals surface area contributed by atoms with E-state index in [1.54, 1.807) is 12.1 Å². The zero-order valence-electron chi connectivity index (χ0n) is 19.8. The predicted molar refractivity (Wildman–Crippen MR) is 133 cm³/mol. The first-order chi connectivity index (χ1) is 16.5. The van der Waals surface area contributed by atoms with Gasteiger partial charge in [0.05, 0.1) is 17.3 Å². The van der Waals surface area contributed by atoms with Crippen molar-refractivity contribution in [1.82, 2.24) is 10.2 Å². The van der Waals surface area contributed by atoms with Crippen LogP contribution in [0, 0.1) is 17.1 Å². The lowest BCUT2D eigenvalue weighted by Crippen LogP contribution is -2.44. The first-order valence-electron chi connectivity index (χ1n) is 11.7. The molecule has 1 N–H and O–H groups in total. The fourth-order valence-electron chi connectivity index (χ4n) is 4.13. The minimum atomic E-state index is -0.161. The SMILES string of the molecule is CC(NCc1cccc(OCc2cccc(C#N)c2)c1)c1ccc(N2CCN(C)CC2)c(F)c1. The molecule has 1 unspecified atom stereocenters. The number of nitrogens with one attached hydrogen (secondary N) is 1. The molecule has 0 aliphatic carbocycles. The van der Waals surface area contributed by atoms with E-state index in [-0.39, 0.29) is 11.9 Å². The Bertz CT molecular complexity index is 1150. The zero-order valence-corrected chi connectivity index (χ0v) is 19.8. The average Bonchev–Trinajstić information content (AvgIpc) is 2.87. The van der Waals surface area contributed by atoms with Gasteiger partial charge < -0.3 is 19.9 Å². The highest BCUT2D eigenvalue weighted by atomic mass is 19.1. The molecule has 1 aliphatic heterocycles. The molecule has 0 bridgehead atoms. The van der Waals surface area contributed by atoms with Crippen LogP contribution in [0.25, 0.3) is 0 Å². The van der Waals surface area contributed by atoms with Gasteiger partial charge in [-0.3, -0.25) is 0 Å². The third-order valence-electron chi connectivity index (χ3n) is 6.29. The third kappa shape index (κ3) is 6.13. The molecule has 1 atom stereocenters. The molecule has 6 heteroatoms. The maximum Gasteiger partial charge on any atom is 0.146 e. The van der Waals surface area contributed by atoms with Crippen molar-refractivity contribution in [3.63, 3.8) is 0 Å². The van der Waals surface area contributed by atoms with E-state index in [1.165, 1.54) is 0 Å². The molecule has 176 valence electrons. The van der Waals surface area contributed by atoms with Crippen molar-refractivity contribution in [3.05, 3.63) is 94.8 Å². The fourth-order valence-corrected chi connectivity index (χ4v) is 4.13. The van der Waals surface area contributed by atoms with Crippen molar-refractivity contribution < 1.29 is 9.13 Å². The number of piperazine rings is 1. The van der Waals surface area contributed by atoms with E-state index in [1.807, 2.05) is 61.5 Å². The van der Waals surface area contributed by atoms with Crippen LogP contribution in [0.2, 0.25) is 0 Å². The Morgan fingerprint density at radius 2 is 1.76 bits per heavy atom. The minimum absolute atomic E-state index is 0.00864. The Balaban J connectivity index is 1.32. The highest BCUT2D eigenvalue weighted by Crippen LogP contribution is 2.25. The maximum atomic E-state index is 14.9. The largest absolute Gasteiger partial charge is 0.489 e. The lowest BCUT2D eigenvalue weighted by atomic mass is 10.1. The number of nitrogens with zero attached hydrogens (tertiary/aromatic N) is 3. The molecule has 3 aromatic carbocycles. The molecule has 34 heavy (non-hydrogen) atoms. The first-order valence-corrected chi connectivity index (χ1v) is 11.7. The van der Waals surface area contributed by atoms with Crippen LogP contribution in [0.4, 0.5) is 10.1 Å². The van der Waals surface area contributed by atoms with Crippen LogP contribution in [0.3, 0.4) is 0 Å². The minimum Gasteiger partial charge on any atom is -0.489 e. The highest BCUT2D eigenvalue weighted by molar-refractivity contribution is 5.50. The molecule has 5 nitrogen and oxygen atoms in total. The molecule has 0 amide bonds. The van der Waals surface area contributed by atoms with Gasteiger partial charge in [0, 0.05) is 38.8 Å². The lowest BCUT2D eigenvalue weighted by molar-refractivity contribution is 0.306. The second-order valence-electron chi connectivity index (χ2n) is 8.85. The molecular weight excluding hydrogens is 427 g/mol. The van der Waals surface area contributed by atoms with Gasteiger partial charge in [0.1, 0.15) is 18.2 Å². The monoisotopic (exact) mass is 458 g/mol. The summed E-state index contributed by atoms with van der Waals surface area (Å²) in [5, 5.41) is 12.5. The van der Waals surface area contributed by atoms with Crippen molar-refractivity contribution in [2.24, 2.45) is 0 Å². The van der Waals surface area contributed by atoms with E-state index in [9.17, 15) is 4.39 Å². The fraction of sp³-hybridized carbons (Fsp3) is 0.321. The summed E-state index contributed by atoms with van der Waals surface area (Å²) in [6.07, 6.45) is 0. The van der Waals surface area contributed by atoms with Gasteiger partial charge in [-0.25, -0.2) is 4.39 Å². The summed E-state index contributed by atoms with van der Waals surface area (Å²) in [6.45, 7) is 6.70. The van der Waals surface area contributed by atoms with E-state index in [2.05, 4.69) is 28.2 Å². The number of ether oxygens (including phenoxy) is 1. The summed E-state index contributed by atoms with van der Waals surface area (Å²) in [5.41, 5.74) is 4.29. The molecular formula is C28H31FN4O. The van der Waals surface area contributed by atoms with Crippen molar-refractivity contribution in [1.29, 1.82) is 5.26 Å². The molecule has 0 radical (unpaired) electrons. The third-order valence-corrected chi connectivity index (χ3v) is 6.29. The molecule has 1 fully saturated rings. The molecule has 0 spiro atoms. The van der Waals surface area contributed by atoms with Crippen LogP contribution in [0.15, 0.2) is 66.7 Å². The van der Waals surface area contributed by atoms with Gasteiger partial charge >= 0.3 is 0 Å². The van der Waals surface area contributed by atoms with Crippen LogP contribution >= 0.6 is 0 Å². The van der Waals surface area contributed by atoms with E-state index in [0.29, 0.717) is 24.4 Å². The van der Waals surface area contributed by atoms with Gasteiger partial charge in [-0.1, -0.05) is 30.3 Å². The molecule has 1 saturated heterocycles. The number of likely N-dealkylation sites (N-methyl/N-ethyl adjacent to an activating group) is 1. The van der Waals surface area contributed by atoms with Crippen LogP contribution < -0.4 is 15.0 Å².